The summed E-state index contributed by atoms with van der Waals surface area (Å²) in [6, 6.07) is 13.4. The van der Waals surface area contributed by atoms with Crippen LogP contribution >= 0.6 is 11.6 Å². The molecule has 1 fully saturated rings. The van der Waals surface area contributed by atoms with E-state index in [4.69, 9.17) is 11.6 Å². The summed E-state index contributed by atoms with van der Waals surface area (Å²) in [5, 5.41) is 3.63. The number of benzene rings is 2. The van der Waals surface area contributed by atoms with Crippen LogP contribution in [0.5, 0.6) is 0 Å². The predicted octanol–water partition coefficient (Wildman–Crippen LogP) is 3.20. The highest BCUT2D eigenvalue weighted by molar-refractivity contribution is 6.31. The summed E-state index contributed by atoms with van der Waals surface area (Å²) >= 11 is 6.42. The lowest BCUT2D eigenvalue weighted by atomic mass is 10.0. The van der Waals surface area contributed by atoms with Gasteiger partial charge in [0, 0.05) is 43.3 Å². The minimum absolute atomic E-state index is 0.0186. The molecule has 0 radical (unpaired) electrons. The van der Waals surface area contributed by atoms with Gasteiger partial charge in [-0.2, -0.15) is 0 Å². The third-order valence-corrected chi connectivity index (χ3v) is 5.13. The normalized spacial score (nSPS) is 17.0. The highest BCUT2D eigenvalue weighted by Gasteiger charge is 2.26. The fraction of sp³-hybridized carbons (Fsp3) is 0.350. The second kappa shape index (κ2) is 8.62. The molecule has 1 aliphatic heterocycles. The molecule has 2 aromatic rings. The molecule has 3 rings (SSSR count). The number of likely N-dealkylation sites (N-methyl/N-ethyl adjacent to an activating group) is 1. The number of rotatable bonds is 5. The van der Waals surface area contributed by atoms with Gasteiger partial charge in [0.05, 0.1) is 6.04 Å². The van der Waals surface area contributed by atoms with Gasteiger partial charge < -0.3 is 10.2 Å². The van der Waals surface area contributed by atoms with Crippen molar-refractivity contribution in [2.45, 2.75) is 6.04 Å². The lowest BCUT2D eigenvalue weighted by Crippen LogP contribution is -2.48. The first kappa shape index (κ1) is 18.8. The number of hydrogen-bond donors (Lipinski definition) is 1. The number of nitrogens with zero attached hydrogens (tertiary/aromatic N) is 2. The predicted molar refractivity (Wildman–Crippen MR) is 102 cm³/mol. The number of carbonyl (C=O) groups is 1. The molecule has 0 bridgehead atoms. The molecule has 1 unspecified atom stereocenters. The van der Waals surface area contributed by atoms with Crippen LogP contribution in [0.15, 0.2) is 48.5 Å². The monoisotopic (exact) mass is 375 g/mol. The Kier molecular flexibility index (Phi) is 6.25. The zero-order valence-electron chi connectivity index (χ0n) is 14.8. The van der Waals surface area contributed by atoms with Crippen LogP contribution in [0.2, 0.25) is 5.02 Å². The quantitative estimate of drug-likeness (QED) is 0.871. The van der Waals surface area contributed by atoms with Crippen molar-refractivity contribution in [3.63, 3.8) is 0 Å². The highest BCUT2D eigenvalue weighted by atomic mass is 35.5. The van der Waals surface area contributed by atoms with Crippen LogP contribution in [0.1, 0.15) is 22.0 Å². The van der Waals surface area contributed by atoms with E-state index < -0.39 is 5.82 Å². The average Bonchev–Trinajstić information content (AvgIpc) is 2.64. The third kappa shape index (κ3) is 4.61. The minimum atomic E-state index is -0.417. The SMILES string of the molecule is CN1CCN(C(CNC(=O)c2cccc(F)c2)c2ccccc2Cl)CC1. The van der Waals surface area contributed by atoms with E-state index in [1.165, 1.54) is 18.2 Å². The maximum Gasteiger partial charge on any atom is 0.251 e. The van der Waals surface area contributed by atoms with E-state index in [0.29, 0.717) is 17.1 Å². The van der Waals surface area contributed by atoms with E-state index in [2.05, 4.69) is 22.2 Å². The van der Waals surface area contributed by atoms with Crippen LogP contribution in [-0.2, 0) is 0 Å². The summed E-state index contributed by atoms with van der Waals surface area (Å²) in [4.78, 5) is 17.0. The van der Waals surface area contributed by atoms with Crippen LogP contribution in [0.25, 0.3) is 0 Å². The first-order valence-corrected chi connectivity index (χ1v) is 9.13. The van der Waals surface area contributed by atoms with E-state index in [9.17, 15) is 9.18 Å². The van der Waals surface area contributed by atoms with Gasteiger partial charge in [0.2, 0.25) is 0 Å². The molecule has 0 aromatic heterocycles. The number of hydrogen-bond acceptors (Lipinski definition) is 3. The van der Waals surface area contributed by atoms with Gasteiger partial charge in [-0.05, 0) is 36.9 Å². The molecule has 2 aromatic carbocycles. The molecule has 0 saturated carbocycles. The van der Waals surface area contributed by atoms with Crippen molar-refractivity contribution in [2.24, 2.45) is 0 Å². The molecule has 0 aliphatic carbocycles. The minimum Gasteiger partial charge on any atom is -0.350 e. The van der Waals surface area contributed by atoms with Gasteiger partial charge in [-0.15, -0.1) is 0 Å². The van der Waals surface area contributed by atoms with Gasteiger partial charge >= 0.3 is 0 Å². The third-order valence-electron chi connectivity index (χ3n) is 4.79. The van der Waals surface area contributed by atoms with Crippen molar-refractivity contribution >= 4 is 17.5 Å². The molecular formula is C20H23ClFN3O. The van der Waals surface area contributed by atoms with Crippen LogP contribution in [0.3, 0.4) is 0 Å². The van der Waals surface area contributed by atoms with Crippen LogP contribution in [0, 0.1) is 5.82 Å². The molecule has 6 heteroatoms. The Bertz CT molecular complexity index is 762. The summed E-state index contributed by atoms with van der Waals surface area (Å²) in [6.45, 7) is 4.17. The zero-order chi connectivity index (χ0) is 18.5. The van der Waals surface area contributed by atoms with Crippen molar-refractivity contribution in [2.75, 3.05) is 39.8 Å². The van der Waals surface area contributed by atoms with E-state index in [0.717, 1.165) is 31.7 Å². The largest absolute Gasteiger partial charge is 0.350 e. The van der Waals surface area contributed by atoms with E-state index in [1.54, 1.807) is 6.07 Å². The summed E-state index contributed by atoms with van der Waals surface area (Å²) < 4.78 is 13.4. The molecule has 1 heterocycles. The summed E-state index contributed by atoms with van der Waals surface area (Å²) in [7, 11) is 2.10. The smallest absolute Gasteiger partial charge is 0.251 e. The standard InChI is InChI=1S/C20H23ClFN3O/c1-24-9-11-25(12-10-24)19(17-7-2-3-8-18(17)21)14-23-20(26)15-5-4-6-16(22)13-15/h2-8,13,19H,9-12,14H2,1H3,(H,23,26). The van der Waals surface area contributed by atoms with Gasteiger partial charge in [-0.25, -0.2) is 4.39 Å². The number of piperazine rings is 1. The number of nitrogens with one attached hydrogen (secondary N) is 1. The molecule has 1 N–H and O–H groups in total. The molecule has 4 nitrogen and oxygen atoms in total. The Morgan fingerprint density at radius 1 is 1.15 bits per heavy atom. The van der Waals surface area contributed by atoms with Gasteiger partial charge in [0.25, 0.3) is 5.91 Å². The maximum atomic E-state index is 13.4. The summed E-state index contributed by atoms with van der Waals surface area (Å²) in [6.07, 6.45) is 0. The molecular weight excluding hydrogens is 353 g/mol. The van der Waals surface area contributed by atoms with Crippen molar-refractivity contribution in [1.82, 2.24) is 15.1 Å². The first-order chi connectivity index (χ1) is 12.5. The Balaban J connectivity index is 1.75. The molecule has 0 spiro atoms. The van der Waals surface area contributed by atoms with E-state index >= 15 is 0 Å². The average molecular weight is 376 g/mol. The second-order valence-electron chi connectivity index (χ2n) is 6.60. The molecule has 1 atom stereocenters. The number of amides is 1. The highest BCUT2D eigenvalue weighted by Crippen LogP contribution is 2.28. The van der Waals surface area contributed by atoms with Crippen molar-refractivity contribution < 1.29 is 9.18 Å². The summed E-state index contributed by atoms with van der Waals surface area (Å²) in [5.74, 6) is -0.699. The first-order valence-electron chi connectivity index (χ1n) is 8.75. The molecule has 1 amide bonds. The second-order valence-corrected chi connectivity index (χ2v) is 7.00. The van der Waals surface area contributed by atoms with E-state index in [-0.39, 0.29) is 11.9 Å². The molecule has 138 valence electrons. The Hall–Kier alpha value is -1.95. The topological polar surface area (TPSA) is 35.6 Å². The zero-order valence-corrected chi connectivity index (χ0v) is 15.5. The molecule has 26 heavy (non-hydrogen) atoms. The lowest BCUT2D eigenvalue weighted by molar-refractivity contribution is 0.0886. The van der Waals surface area contributed by atoms with Crippen LogP contribution in [-0.4, -0.2) is 55.5 Å². The molecule has 1 aliphatic rings. The Morgan fingerprint density at radius 2 is 1.88 bits per heavy atom. The maximum absolute atomic E-state index is 13.4. The van der Waals surface area contributed by atoms with Gasteiger partial charge in [0.1, 0.15) is 5.82 Å². The number of carbonyl (C=O) groups excluding carboxylic acids is 1. The summed E-state index contributed by atoms with van der Waals surface area (Å²) in [5.41, 5.74) is 1.32. The van der Waals surface area contributed by atoms with Gasteiger partial charge in [0.15, 0.2) is 0 Å². The van der Waals surface area contributed by atoms with Gasteiger partial charge in [-0.1, -0.05) is 35.9 Å². The van der Waals surface area contributed by atoms with Crippen LogP contribution in [0.4, 0.5) is 4.39 Å². The fourth-order valence-corrected chi connectivity index (χ4v) is 3.50. The lowest BCUT2D eigenvalue weighted by Gasteiger charge is -2.38. The Morgan fingerprint density at radius 3 is 2.58 bits per heavy atom. The van der Waals surface area contributed by atoms with Crippen molar-refractivity contribution in [1.29, 1.82) is 0 Å². The van der Waals surface area contributed by atoms with Crippen molar-refractivity contribution in [3.8, 4) is 0 Å². The Labute approximate surface area is 158 Å². The van der Waals surface area contributed by atoms with Gasteiger partial charge in [-0.3, -0.25) is 9.69 Å². The van der Waals surface area contributed by atoms with Crippen LogP contribution < -0.4 is 5.32 Å². The molecule has 1 saturated heterocycles. The fourth-order valence-electron chi connectivity index (χ4n) is 3.24. The van der Waals surface area contributed by atoms with Crippen molar-refractivity contribution in [3.05, 3.63) is 70.5 Å². The number of halogens is 2. The van der Waals surface area contributed by atoms with E-state index in [1.807, 2.05) is 24.3 Å².